The van der Waals surface area contributed by atoms with Crippen LogP contribution in [0.4, 0.5) is 5.69 Å². The number of nitrogens with one attached hydrogen (secondary N) is 3. The quantitative estimate of drug-likeness (QED) is 0.509. The molecule has 0 saturated carbocycles. The Kier molecular flexibility index (Phi) is 5.88. The lowest BCUT2D eigenvalue weighted by Gasteiger charge is -2.19. The summed E-state index contributed by atoms with van der Waals surface area (Å²) < 4.78 is 5.33. The molecule has 4 rings (SSSR count). The molecule has 1 aliphatic heterocycles. The maximum Gasteiger partial charge on any atom is 0.252 e. The minimum atomic E-state index is -0.443. The molecule has 1 aromatic heterocycles. The summed E-state index contributed by atoms with van der Waals surface area (Å²) in [5, 5.41) is 6.49. The number of hydrogen-bond acceptors (Lipinski definition) is 4. The molecule has 31 heavy (non-hydrogen) atoms. The van der Waals surface area contributed by atoms with E-state index in [1.54, 1.807) is 36.4 Å². The van der Waals surface area contributed by atoms with Gasteiger partial charge in [0.05, 0.1) is 18.7 Å². The van der Waals surface area contributed by atoms with Crippen molar-refractivity contribution in [1.82, 2.24) is 15.6 Å². The van der Waals surface area contributed by atoms with E-state index in [2.05, 4.69) is 15.6 Å². The third kappa shape index (κ3) is 4.23. The summed E-state index contributed by atoms with van der Waals surface area (Å²) in [6, 6.07) is 14.6. The van der Waals surface area contributed by atoms with Gasteiger partial charge in [-0.2, -0.15) is 0 Å². The van der Waals surface area contributed by atoms with Gasteiger partial charge in [0.1, 0.15) is 5.75 Å². The molecular formula is C23H24N4O4. The Balaban J connectivity index is 1.28. The Labute approximate surface area is 179 Å². The minimum absolute atomic E-state index is 0.113. The van der Waals surface area contributed by atoms with Crippen molar-refractivity contribution >= 4 is 34.3 Å². The van der Waals surface area contributed by atoms with E-state index in [4.69, 9.17) is 4.74 Å². The lowest BCUT2D eigenvalue weighted by atomic mass is 10.1. The SMILES string of the molecule is COc1ccccc1N1C[C@@H](C(=O)NCCNC(=O)c2cccc3[nH]ccc23)CC1=O. The first kappa shape index (κ1) is 20.5. The van der Waals surface area contributed by atoms with Crippen molar-refractivity contribution in [2.75, 3.05) is 31.6 Å². The number of rotatable bonds is 7. The smallest absolute Gasteiger partial charge is 0.252 e. The standard InChI is InChI=1S/C23H24N4O4/c1-31-20-8-3-2-7-19(20)27-14-15(13-21(27)28)22(29)25-11-12-26-23(30)17-5-4-6-18-16(17)9-10-24-18/h2-10,15,24H,11-14H2,1H3,(H,25,29)(H,26,30)/t15-/m0/s1. The number of methoxy groups -OCH3 is 1. The summed E-state index contributed by atoms with van der Waals surface area (Å²) in [6.07, 6.45) is 1.94. The minimum Gasteiger partial charge on any atom is -0.495 e. The molecule has 8 heteroatoms. The molecule has 0 aliphatic carbocycles. The fourth-order valence-electron chi connectivity index (χ4n) is 3.85. The van der Waals surface area contributed by atoms with Gasteiger partial charge in [0.2, 0.25) is 11.8 Å². The van der Waals surface area contributed by atoms with Crippen LogP contribution in [0.3, 0.4) is 0 Å². The second kappa shape index (κ2) is 8.91. The molecule has 1 fully saturated rings. The van der Waals surface area contributed by atoms with Crippen LogP contribution in [0.2, 0.25) is 0 Å². The van der Waals surface area contributed by atoms with E-state index in [-0.39, 0.29) is 30.7 Å². The number of para-hydroxylation sites is 2. The Morgan fingerprint density at radius 2 is 1.90 bits per heavy atom. The predicted octanol–water partition coefficient (Wildman–Crippen LogP) is 2.08. The number of benzene rings is 2. The number of carbonyl (C=O) groups excluding carboxylic acids is 3. The van der Waals surface area contributed by atoms with Crippen LogP contribution in [0.25, 0.3) is 10.9 Å². The monoisotopic (exact) mass is 420 g/mol. The first-order valence-corrected chi connectivity index (χ1v) is 10.1. The highest BCUT2D eigenvalue weighted by molar-refractivity contribution is 6.06. The second-order valence-corrected chi connectivity index (χ2v) is 7.37. The fourth-order valence-corrected chi connectivity index (χ4v) is 3.85. The van der Waals surface area contributed by atoms with Gasteiger partial charge in [0, 0.05) is 48.7 Å². The van der Waals surface area contributed by atoms with Crippen LogP contribution in [0.15, 0.2) is 54.7 Å². The maximum atomic E-state index is 12.5. The van der Waals surface area contributed by atoms with Gasteiger partial charge in [-0.15, -0.1) is 0 Å². The molecule has 160 valence electrons. The van der Waals surface area contributed by atoms with Crippen molar-refractivity contribution in [3.05, 3.63) is 60.3 Å². The second-order valence-electron chi connectivity index (χ2n) is 7.37. The highest BCUT2D eigenvalue weighted by Crippen LogP contribution is 2.32. The molecule has 3 amide bonds. The Morgan fingerprint density at radius 1 is 1.10 bits per heavy atom. The van der Waals surface area contributed by atoms with E-state index in [0.29, 0.717) is 30.1 Å². The molecule has 1 atom stereocenters. The van der Waals surface area contributed by atoms with Gasteiger partial charge in [0.15, 0.2) is 0 Å². The third-order valence-electron chi connectivity index (χ3n) is 5.42. The first-order chi connectivity index (χ1) is 15.1. The van der Waals surface area contributed by atoms with Crippen molar-refractivity contribution < 1.29 is 19.1 Å². The molecule has 3 aromatic rings. The van der Waals surface area contributed by atoms with Crippen LogP contribution in [0.5, 0.6) is 5.75 Å². The lowest BCUT2D eigenvalue weighted by molar-refractivity contribution is -0.126. The number of ether oxygens (including phenoxy) is 1. The summed E-state index contributed by atoms with van der Waals surface area (Å²) in [5.41, 5.74) is 2.14. The largest absolute Gasteiger partial charge is 0.495 e. The fraction of sp³-hybridized carbons (Fsp3) is 0.261. The van der Waals surface area contributed by atoms with Crippen LogP contribution in [0.1, 0.15) is 16.8 Å². The molecule has 1 saturated heterocycles. The maximum absolute atomic E-state index is 12.5. The average Bonchev–Trinajstić information content (AvgIpc) is 3.42. The Hall–Kier alpha value is -3.81. The van der Waals surface area contributed by atoms with Gasteiger partial charge < -0.3 is 25.3 Å². The average molecular weight is 420 g/mol. The van der Waals surface area contributed by atoms with Gasteiger partial charge in [0.25, 0.3) is 5.91 Å². The number of aromatic nitrogens is 1. The molecular weight excluding hydrogens is 396 g/mol. The van der Waals surface area contributed by atoms with Gasteiger partial charge in [-0.3, -0.25) is 14.4 Å². The van der Waals surface area contributed by atoms with E-state index in [1.807, 2.05) is 30.3 Å². The number of aromatic amines is 1. The molecule has 1 aliphatic rings. The number of amides is 3. The molecule has 0 radical (unpaired) electrons. The number of carbonyl (C=O) groups is 3. The number of H-pyrrole nitrogens is 1. The van der Waals surface area contributed by atoms with Crippen LogP contribution in [0, 0.1) is 5.92 Å². The van der Waals surface area contributed by atoms with Crippen molar-refractivity contribution in [3.8, 4) is 5.75 Å². The zero-order valence-corrected chi connectivity index (χ0v) is 17.2. The molecule has 8 nitrogen and oxygen atoms in total. The zero-order chi connectivity index (χ0) is 21.8. The van der Waals surface area contributed by atoms with Crippen LogP contribution >= 0.6 is 0 Å². The molecule has 0 bridgehead atoms. The van der Waals surface area contributed by atoms with Crippen molar-refractivity contribution in [2.24, 2.45) is 5.92 Å². The van der Waals surface area contributed by atoms with E-state index < -0.39 is 5.92 Å². The number of fused-ring (bicyclic) bond motifs is 1. The van der Waals surface area contributed by atoms with Crippen LogP contribution in [-0.2, 0) is 9.59 Å². The van der Waals surface area contributed by atoms with E-state index in [0.717, 1.165) is 10.9 Å². The molecule has 2 heterocycles. The summed E-state index contributed by atoms with van der Waals surface area (Å²) in [7, 11) is 1.55. The molecule has 0 unspecified atom stereocenters. The van der Waals surface area contributed by atoms with Gasteiger partial charge in [-0.1, -0.05) is 18.2 Å². The topological polar surface area (TPSA) is 104 Å². The summed E-state index contributed by atoms with van der Waals surface area (Å²) in [4.78, 5) is 42.1. The van der Waals surface area contributed by atoms with Crippen molar-refractivity contribution in [3.63, 3.8) is 0 Å². The van der Waals surface area contributed by atoms with Gasteiger partial charge >= 0.3 is 0 Å². The van der Waals surface area contributed by atoms with Crippen molar-refractivity contribution in [1.29, 1.82) is 0 Å². The van der Waals surface area contributed by atoms with E-state index in [1.165, 1.54) is 0 Å². The molecule has 2 aromatic carbocycles. The summed E-state index contributed by atoms with van der Waals surface area (Å²) in [6.45, 7) is 0.877. The number of nitrogens with zero attached hydrogens (tertiary/aromatic N) is 1. The van der Waals surface area contributed by atoms with E-state index >= 15 is 0 Å². The predicted molar refractivity (Wildman–Crippen MR) is 117 cm³/mol. The zero-order valence-electron chi connectivity index (χ0n) is 17.2. The van der Waals surface area contributed by atoms with Crippen molar-refractivity contribution in [2.45, 2.75) is 6.42 Å². The highest BCUT2D eigenvalue weighted by atomic mass is 16.5. The number of hydrogen-bond donors (Lipinski definition) is 3. The normalized spacial score (nSPS) is 15.8. The third-order valence-corrected chi connectivity index (χ3v) is 5.42. The van der Waals surface area contributed by atoms with Crippen LogP contribution in [-0.4, -0.2) is 49.4 Å². The lowest BCUT2D eigenvalue weighted by Crippen LogP contribution is -2.38. The summed E-state index contributed by atoms with van der Waals surface area (Å²) in [5.74, 6) is -0.359. The summed E-state index contributed by atoms with van der Waals surface area (Å²) >= 11 is 0. The molecule has 0 spiro atoms. The molecule has 3 N–H and O–H groups in total. The highest BCUT2D eigenvalue weighted by Gasteiger charge is 2.36. The number of anilines is 1. The van der Waals surface area contributed by atoms with Gasteiger partial charge in [-0.25, -0.2) is 0 Å². The first-order valence-electron chi connectivity index (χ1n) is 10.1. The van der Waals surface area contributed by atoms with Crippen LogP contribution < -0.4 is 20.3 Å². The van der Waals surface area contributed by atoms with Gasteiger partial charge in [-0.05, 0) is 30.3 Å². The Bertz CT molecular complexity index is 1120. The van der Waals surface area contributed by atoms with E-state index in [9.17, 15) is 14.4 Å². The Morgan fingerprint density at radius 3 is 2.74 bits per heavy atom.